The van der Waals surface area contributed by atoms with E-state index in [1.165, 1.54) is 12.3 Å². The number of hydrogen-bond acceptors (Lipinski definition) is 10. The lowest BCUT2D eigenvalue weighted by atomic mass is 10.1. The van der Waals surface area contributed by atoms with Crippen molar-refractivity contribution in [3.63, 3.8) is 0 Å². The summed E-state index contributed by atoms with van der Waals surface area (Å²) in [5.74, 6) is 0.0426. The molecule has 2 aliphatic rings. The van der Waals surface area contributed by atoms with Crippen molar-refractivity contribution >= 4 is 5.82 Å². The van der Waals surface area contributed by atoms with Crippen LogP contribution >= 0.6 is 0 Å². The van der Waals surface area contributed by atoms with Crippen LogP contribution < -0.4 is 11.4 Å². The molecule has 0 aromatic carbocycles. The highest BCUT2D eigenvalue weighted by Gasteiger charge is 2.44. The van der Waals surface area contributed by atoms with Gasteiger partial charge in [-0.25, -0.2) is 4.79 Å². The lowest BCUT2D eigenvalue weighted by Crippen LogP contribution is -2.36. The zero-order chi connectivity index (χ0) is 17.3. The fraction of sp³-hybridized carbons (Fsp3) is 0.692. The van der Waals surface area contributed by atoms with E-state index in [1.54, 1.807) is 0 Å². The molecular formula is C13H19N3O8. The van der Waals surface area contributed by atoms with Gasteiger partial charge in [-0.2, -0.15) is 4.98 Å². The SMILES string of the molecule is Nc1ccn([C@@H]2O[C@H](COC3COC(CO)O3)[C@@H](O)[C@H]2O)c(=O)n1. The summed E-state index contributed by atoms with van der Waals surface area (Å²) < 4.78 is 22.2. The minimum absolute atomic E-state index is 0.0426. The first-order chi connectivity index (χ1) is 11.5. The minimum Gasteiger partial charge on any atom is -0.391 e. The lowest BCUT2D eigenvalue weighted by molar-refractivity contribution is -0.174. The molecule has 2 fully saturated rings. The van der Waals surface area contributed by atoms with Crippen molar-refractivity contribution < 1.29 is 34.3 Å². The summed E-state index contributed by atoms with van der Waals surface area (Å²) in [7, 11) is 0. The van der Waals surface area contributed by atoms with Gasteiger partial charge in [-0.15, -0.1) is 0 Å². The summed E-state index contributed by atoms with van der Waals surface area (Å²) in [6.45, 7) is -0.268. The van der Waals surface area contributed by atoms with Crippen LogP contribution in [0.4, 0.5) is 5.82 Å². The van der Waals surface area contributed by atoms with Gasteiger partial charge in [0.2, 0.25) is 0 Å². The topological polar surface area (TPSA) is 159 Å². The minimum atomic E-state index is -1.34. The zero-order valence-electron chi connectivity index (χ0n) is 12.6. The third-order valence-electron chi connectivity index (χ3n) is 3.78. The van der Waals surface area contributed by atoms with Crippen molar-refractivity contribution in [3.8, 4) is 0 Å². The van der Waals surface area contributed by atoms with Crippen molar-refractivity contribution in [2.45, 2.75) is 37.1 Å². The van der Waals surface area contributed by atoms with Crippen LogP contribution in [-0.2, 0) is 18.9 Å². The Morgan fingerprint density at radius 2 is 2.17 bits per heavy atom. The van der Waals surface area contributed by atoms with E-state index in [2.05, 4.69) is 4.98 Å². The Morgan fingerprint density at radius 3 is 2.83 bits per heavy atom. The molecule has 2 saturated heterocycles. The second-order valence-corrected chi connectivity index (χ2v) is 5.43. The molecule has 2 unspecified atom stereocenters. The van der Waals surface area contributed by atoms with Gasteiger partial charge in [-0.1, -0.05) is 0 Å². The zero-order valence-corrected chi connectivity index (χ0v) is 12.6. The third kappa shape index (κ3) is 3.42. The number of ether oxygens (including phenoxy) is 4. The van der Waals surface area contributed by atoms with Crippen molar-refractivity contribution in [2.24, 2.45) is 0 Å². The smallest absolute Gasteiger partial charge is 0.351 e. The molecule has 0 saturated carbocycles. The normalized spacial score (nSPS) is 36.3. The van der Waals surface area contributed by atoms with E-state index >= 15 is 0 Å². The van der Waals surface area contributed by atoms with E-state index in [0.29, 0.717) is 0 Å². The number of aliphatic hydroxyl groups is 3. The second-order valence-electron chi connectivity index (χ2n) is 5.43. The summed E-state index contributed by atoms with van der Waals surface area (Å²) in [4.78, 5) is 15.4. The fourth-order valence-corrected chi connectivity index (χ4v) is 2.54. The van der Waals surface area contributed by atoms with Crippen molar-refractivity contribution in [3.05, 3.63) is 22.7 Å². The maximum Gasteiger partial charge on any atom is 0.351 e. The summed E-state index contributed by atoms with van der Waals surface area (Å²) >= 11 is 0. The first-order valence-corrected chi connectivity index (χ1v) is 7.35. The number of nitrogens with zero attached hydrogens (tertiary/aromatic N) is 2. The van der Waals surface area contributed by atoms with Gasteiger partial charge in [0.25, 0.3) is 0 Å². The first kappa shape index (κ1) is 17.2. The van der Waals surface area contributed by atoms with Gasteiger partial charge < -0.3 is 40.0 Å². The van der Waals surface area contributed by atoms with Crippen LogP contribution in [0.3, 0.4) is 0 Å². The van der Waals surface area contributed by atoms with Gasteiger partial charge in [0.05, 0.1) is 13.2 Å². The van der Waals surface area contributed by atoms with Crippen molar-refractivity contribution in [2.75, 3.05) is 25.6 Å². The number of aliphatic hydroxyl groups excluding tert-OH is 3. The summed E-state index contributed by atoms with van der Waals surface area (Å²) in [6, 6.07) is 1.38. The molecule has 0 spiro atoms. The Hall–Kier alpha value is -1.60. The average molecular weight is 345 g/mol. The monoisotopic (exact) mass is 345 g/mol. The molecule has 11 nitrogen and oxygen atoms in total. The van der Waals surface area contributed by atoms with Gasteiger partial charge in [-0.3, -0.25) is 4.57 Å². The first-order valence-electron chi connectivity index (χ1n) is 7.35. The molecule has 5 N–H and O–H groups in total. The lowest BCUT2D eigenvalue weighted by Gasteiger charge is -2.17. The molecule has 11 heteroatoms. The molecule has 2 aliphatic heterocycles. The second kappa shape index (κ2) is 7.11. The molecule has 3 rings (SSSR count). The van der Waals surface area contributed by atoms with Gasteiger partial charge in [0, 0.05) is 6.20 Å². The number of nitrogen functional groups attached to an aromatic ring is 1. The van der Waals surface area contributed by atoms with Crippen LogP contribution in [0, 0.1) is 0 Å². The summed E-state index contributed by atoms with van der Waals surface area (Å²) in [5, 5.41) is 29.1. The predicted molar refractivity (Wildman–Crippen MR) is 76.5 cm³/mol. The van der Waals surface area contributed by atoms with Gasteiger partial charge in [0.1, 0.15) is 30.7 Å². The third-order valence-corrected chi connectivity index (χ3v) is 3.78. The molecule has 134 valence electrons. The van der Waals surface area contributed by atoms with E-state index in [-0.39, 0.29) is 25.6 Å². The van der Waals surface area contributed by atoms with Crippen LogP contribution in [0.2, 0.25) is 0 Å². The molecule has 1 aromatic heterocycles. The maximum absolute atomic E-state index is 11.8. The summed E-state index contributed by atoms with van der Waals surface area (Å²) in [6.07, 6.45) is -4.74. The van der Waals surface area contributed by atoms with Crippen molar-refractivity contribution in [1.29, 1.82) is 0 Å². The van der Waals surface area contributed by atoms with Crippen LogP contribution in [0.15, 0.2) is 17.1 Å². The van der Waals surface area contributed by atoms with Crippen LogP contribution in [-0.4, -0.2) is 75.6 Å². The van der Waals surface area contributed by atoms with E-state index in [0.717, 1.165) is 4.57 Å². The quantitative estimate of drug-likeness (QED) is 0.437. The fourth-order valence-electron chi connectivity index (χ4n) is 2.54. The van der Waals surface area contributed by atoms with Gasteiger partial charge in [0.15, 0.2) is 18.8 Å². The van der Waals surface area contributed by atoms with Crippen LogP contribution in [0.5, 0.6) is 0 Å². The molecule has 1 aromatic rings. The molecule has 0 amide bonds. The number of aromatic nitrogens is 2. The molecule has 3 heterocycles. The number of nitrogens with two attached hydrogens (primary N) is 1. The Labute approximate surface area is 136 Å². The van der Waals surface area contributed by atoms with E-state index in [4.69, 9.17) is 29.8 Å². The highest BCUT2D eigenvalue weighted by atomic mass is 16.8. The summed E-state index contributed by atoms with van der Waals surface area (Å²) in [5.41, 5.74) is 4.71. The number of rotatable bonds is 5. The molecule has 24 heavy (non-hydrogen) atoms. The standard InChI is InChI=1S/C13H19N3O8/c14-7-1-2-16(13(20)15-7)12-11(19)10(18)6(23-12)4-21-9-5-22-8(3-17)24-9/h1-2,6,8-12,17-19H,3-5H2,(H2,14,15,20)/t6-,8?,9?,10-,11-,12-/m1/s1. The van der Waals surface area contributed by atoms with E-state index in [9.17, 15) is 15.0 Å². The maximum atomic E-state index is 11.8. The molecule has 0 aliphatic carbocycles. The molecule has 6 atom stereocenters. The number of anilines is 1. The van der Waals surface area contributed by atoms with E-state index < -0.39 is 42.8 Å². The highest BCUT2D eigenvalue weighted by Crippen LogP contribution is 2.29. The molecule has 0 radical (unpaired) electrons. The largest absolute Gasteiger partial charge is 0.391 e. The van der Waals surface area contributed by atoms with Crippen molar-refractivity contribution in [1.82, 2.24) is 9.55 Å². The Kier molecular flexibility index (Phi) is 5.10. The van der Waals surface area contributed by atoms with Gasteiger partial charge in [-0.05, 0) is 6.07 Å². The van der Waals surface area contributed by atoms with Crippen LogP contribution in [0.1, 0.15) is 6.23 Å². The molecule has 0 bridgehead atoms. The Morgan fingerprint density at radius 1 is 1.38 bits per heavy atom. The van der Waals surface area contributed by atoms with Crippen LogP contribution in [0.25, 0.3) is 0 Å². The predicted octanol–water partition coefficient (Wildman–Crippen LogP) is -2.85. The van der Waals surface area contributed by atoms with E-state index in [1.807, 2.05) is 0 Å². The molecular weight excluding hydrogens is 326 g/mol. The Balaban J connectivity index is 1.61. The highest BCUT2D eigenvalue weighted by molar-refractivity contribution is 5.23. The number of hydrogen-bond donors (Lipinski definition) is 4. The average Bonchev–Trinajstić information content (AvgIpc) is 3.12. The van der Waals surface area contributed by atoms with Gasteiger partial charge >= 0.3 is 5.69 Å². The Bertz CT molecular complexity index is 625.